The number of hydrogen-bond acceptors (Lipinski definition) is 1. The topological polar surface area (TPSA) is 37.3 Å². The van der Waals surface area contributed by atoms with Crippen LogP contribution < -0.4 is 0 Å². The predicted octanol–water partition coefficient (Wildman–Crippen LogP) is 6.35. The lowest BCUT2D eigenvalue weighted by Crippen LogP contribution is -1.87. The third-order valence-corrected chi connectivity index (χ3v) is 3.91. The summed E-state index contributed by atoms with van der Waals surface area (Å²) in [4.78, 5) is 10.3. The molecule has 0 aromatic rings. The number of carbonyl (C=O) groups is 1. The minimum atomic E-state index is -0.834. The van der Waals surface area contributed by atoms with E-state index in [4.69, 9.17) is 5.11 Å². The fourth-order valence-corrected chi connectivity index (χ4v) is 2.59. The molecule has 21 heavy (non-hydrogen) atoms. The second kappa shape index (κ2) is 15.6. The highest BCUT2D eigenvalue weighted by molar-refractivity contribution is 5.79. The summed E-state index contributed by atoms with van der Waals surface area (Å²) in [6.45, 7) is 4.62. The van der Waals surface area contributed by atoms with Crippen LogP contribution in [0.15, 0.2) is 12.2 Å². The molecule has 0 aliphatic carbocycles. The van der Waals surface area contributed by atoms with Gasteiger partial charge in [0.15, 0.2) is 0 Å². The fourth-order valence-electron chi connectivity index (χ4n) is 2.59. The van der Waals surface area contributed by atoms with Crippen LogP contribution in [0.5, 0.6) is 0 Å². The van der Waals surface area contributed by atoms with Crippen LogP contribution in [0.25, 0.3) is 0 Å². The molecule has 0 atom stereocenters. The molecule has 124 valence electrons. The molecule has 0 saturated heterocycles. The van der Waals surface area contributed by atoms with Gasteiger partial charge in [0.2, 0.25) is 0 Å². The fraction of sp³-hybridized carbons (Fsp3) is 0.842. The van der Waals surface area contributed by atoms with Gasteiger partial charge in [-0.1, -0.05) is 90.6 Å². The first-order chi connectivity index (χ1) is 10.1. The molecule has 0 heterocycles. The van der Waals surface area contributed by atoms with Crippen molar-refractivity contribution in [2.75, 3.05) is 0 Å². The monoisotopic (exact) mass is 296 g/mol. The van der Waals surface area contributed by atoms with E-state index >= 15 is 0 Å². The molecule has 0 saturated carbocycles. The molecular weight excluding hydrogens is 260 g/mol. The van der Waals surface area contributed by atoms with Crippen molar-refractivity contribution >= 4 is 5.97 Å². The van der Waals surface area contributed by atoms with Crippen molar-refractivity contribution in [3.05, 3.63) is 12.2 Å². The Morgan fingerprint density at radius 3 is 1.67 bits per heavy atom. The van der Waals surface area contributed by atoms with Gasteiger partial charge in [0.05, 0.1) is 0 Å². The van der Waals surface area contributed by atoms with Crippen molar-refractivity contribution in [2.45, 2.75) is 97.3 Å². The number of aliphatic carboxylic acids is 1. The Morgan fingerprint density at radius 2 is 1.24 bits per heavy atom. The van der Waals surface area contributed by atoms with Crippen LogP contribution in [0.2, 0.25) is 0 Å². The standard InChI is InChI=1S/C19H36O2/c1-18(2)16-14-12-10-8-6-4-3-5-7-9-11-13-15-17-19(20)21/h15,17-18H,3-14,16H2,1-2H3,(H,20,21). The van der Waals surface area contributed by atoms with Crippen molar-refractivity contribution < 1.29 is 9.90 Å². The average Bonchev–Trinajstić information content (AvgIpc) is 2.42. The van der Waals surface area contributed by atoms with Gasteiger partial charge < -0.3 is 5.11 Å². The molecular formula is C19H36O2. The Labute approximate surface area is 132 Å². The molecule has 0 amide bonds. The average molecular weight is 296 g/mol. The van der Waals surface area contributed by atoms with E-state index < -0.39 is 5.97 Å². The maximum Gasteiger partial charge on any atom is 0.327 e. The third kappa shape index (κ3) is 19.2. The van der Waals surface area contributed by atoms with Gasteiger partial charge >= 0.3 is 5.97 Å². The highest BCUT2D eigenvalue weighted by Gasteiger charge is 1.95. The smallest absolute Gasteiger partial charge is 0.327 e. The van der Waals surface area contributed by atoms with Gasteiger partial charge in [-0.05, 0) is 18.8 Å². The maximum atomic E-state index is 10.3. The van der Waals surface area contributed by atoms with Gasteiger partial charge in [-0.3, -0.25) is 0 Å². The molecule has 2 nitrogen and oxygen atoms in total. The van der Waals surface area contributed by atoms with Gasteiger partial charge in [0.25, 0.3) is 0 Å². The van der Waals surface area contributed by atoms with Gasteiger partial charge in [-0.2, -0.15) is 0 Å². The first kappa shape index (κ1) is 20.2. The second-order valence-electron chi connectivity index (χ2n) is 6.60. The minimum absolute atomic E-state index is 0.834. The molecule has 1 N–H and O–H groups in total. The highest BCUT2D eigenvalue weighted by Crippen LogP contribution is 2.14. The molecule has 2 heteroatoms. The lowest BCUT2D eigenvalue weighted by molar-refractivity contribution is -0.131. The molecule has 0 aromatic carbocycles. The molecule has 0 aliphatic heterocycles. The first-order valence-electron chi connectivity index (χ1n) is 9.02. The predicted molar refractivity (Wildman–Crippen MR) is 91.6 cm³/mol. The Balaban J connectivity index is 3.04. The van der Waals surface area contributed by atoms with Crippen molar-refractivity contribution in [1.29, 1.82) is 0 Å². The van der Waals surface area contributed by atoms with Gasteiger partial charge in [-0.15, -0.1) is 0 Å². The molecule has 0 spiro atoms. The summed E-state index contributed by atoms with van der Waals surface area (Å²) in [6, 6.07) is 0. The Kier molecular flexibility index (Phi) is 15.0. The molecule has 0 aliphatic rings. The highest BCUT2D eigenvalue weighted by atomic mass is 16.4. The van der Waals surface area contributed by atoms with Crippen LogP contribution in [0, 0.1) is 5.92 Å². The normalized spacial score (nSPS) is 11.6. The summed E-state index contributed by atoms with van der Waals surface area (Å²) in [5.41, 5.74) is 0. The zero-order chi connectivity index (χ0) is 15.8. The van der Waals surface area contributed by atoms with Gasteiger partial charge in [-0.25, -0.2) is 4.79 Å². The van der Waals surface area contributed by atoms with Crippen molar-refractivity contribution in [2.24, 2.45) is 5.92 Å². The van der Waals surface area contributed by atoms with Crippen LogP contribution >= 0.6 is 0 Å². The van der Waals surface area contributed by atoms with Crippen molar-refractivity contribution in [1.82, 2.24) is 0 Å². The molecule has 0 fully saturated rings. The van der Waals surface area contributed by atoms with E-state index in [0.29, 0.717) is 0 Å². The van der Waals surface area contributed by atoms with E-state index in [1.54, 1.807) is 6.08 Å². The largest absolute Gasteiger partial charge is 0.478 e. The Morgan fingerprint density at radius 1 is 0.810 bits per heavy atom. The number of unbranched alkanes of at least 4 members (excludes halogenated alkanes) is 11. The second-order valence-corrected chi connectivity index (χ2v) is 6.60. The van der Waals surface area contributed by atoms with E-state index in [0.717, 1.165) is 18.8 Å². The Bertz CT molecular complexity index is 256. The van der Waals surface area contributed by atoms with Crippen molar-refractivity contribution in [3.63, 3.8) is 0 Å². The lowest BCUT2D eigenvalue weighted by Gasteiger charge is -2.04. The van der Waals surface area contributed by atoms with E-state index in [9.17, 15) is 4.79 Å². The first-order valence-corrected chi connectivity index (χ1v) is 9.02. The van der Waals surface area contributed by atoms with E-state index in [2.05, 4.69) is 13.8 Å². The number of rotatable bonds is 15. The third-order valence-electron chi connectivity index (χ3n) is 3.91. The maximum absolute atomic E-state index is 10.3. The zero-order valence-electron chi connectivity index (χ0n) is 14.3. The zero-order valence-corrected chi connectivity index (χ0v) is 14.3. The number of allylic oxidation sites excluding steroid dienone is 1. The Hall–Kier alpha value is -0.790. The molecule has 0 aromatic heterocycles. The van der Waals surface area contributed by atoms with E-state index in [1.165, 1.54) is 76.7 Å². The van der Waals surface area contributed by atoms with E-state index in [-0.39, 0.29) is 0 Å². The summed E-state index contributed by atoms with van der Waals surface area (Å²) in [5.74, 6) is 0.0313. The summed E-state index contributed by atoms with van der Waals surface area (Å²) in [6.07, 6.45) is 20.1. The van der Waals surface area contributed by atoms with Crippen LogP contribution in [0.3, 0.4) is 0 Å². The summed E-state index contributed by atoms with van der Waals surface area (Å²) < 4.78 is 0. The molecule has 0 rings (SSSR count). The van der Waals surface area contributed by atoms with Gasteiger partial charge in [0, 0.05) is 6.08 Å². The number of carboxylic acid groups (broad SMARTS) is 1. The SMILES string of the molecule is CC(C)CCCCCCCCCCCCCC=CC(=O)O. The quantitative estimate of drug-likeness (QED) is 0.282. The minimum Gasteiger partial charge on any atom is -0.478 e. The summed E-state index contributed by atoms with van der Waals surface area (Å²) in [7, 11) is 0. The van der Waals surface area contributed by atoms with Crippen LogP contribution in [0.1, 0.15) is 97.3 Å². The number of hydrogen-bond donors (Lipinski definition) is 1. The van der Waals surface area contributed by atoms with Gasteiger partial charge in [0.1, 0.15) is 0 Å². The van der Waals surface area contributed by atoms with E-state index in [1.807, 2.05) is 0 Å². The summed E-state index contributed by atoms with van der Waals surface area (Å²) in [5, 5.41) is 8.44. The van der Waals surface area contributed by atoms with Crippen LogP contribution in [-0.4, -0.2) is 11.1 Å². The van der Waals surface area contributed by atoms with Crippen molar-refractivity contribution in [3.8, 4) is 0 Å². The van der Waals surface area contributed by atoms with Crippen LogP contribution in [-0.2, 0) is 4.79 Å². The molecule has 0 radical (unpaired) electrons. The number of carboxylic acids is 1. The molecule has 0 unspecified atom stereocenters. The summed E-state index contributed by atoms with van der Waals surface area (Å²) >= 11 is 0. The molecule has 0 bridgehead atoms. The van der Waals surface area contributed by atoms with Crippen LogP contribution in [0.4, 0.5) is 0 Å². The lowest BCUT2D eigenvalue weighted by atomic mass is 10.0.